The topological polar surface area (TPSA) is 12.9 Å². The van der Waals surface area contributed by atoms with Gasteiger partial charge in [0.1, 0.15) is 0 Å². The van der Waals surface area contributed by atoms with Crippen LogP contribution in [0.4, 0.5) is 0 Å². The molecule has 0 bridgehead atoms. The fourth-order valence-corrected chi connectivity index (χ4v) is 3.87. The van der Waals surface area contributed by atoms with Crippen LogP contribution in [0.5, 0.6) is 0 Å². The summed E-state index contributed by atoms with van der Waals surface area (Å²) >= 11 is 3.73. The van der Waals surface area contributed by atoms with Crippen LogP contribution in [0.1, 0.15) is 5.56 Å². The van der Waals surface area contributed by atoms with Gasteiger partial charge < -0.3 is 0 Å². The van der Waals surface area contributed by atoms with Gasteiger partial charge in [0.25, 0.3) is 0 Å². The zero-order valence-electron chi connectivity index (χ0n) is 14.3. The Hall–Kier alpha value is -2.71. The number of hydrogen-bond donors (Lipinski definition) is 0. The van der Waals surface area contributed by atoms with Crippen LogP contribution in [-0.4, -0.2) is 4.98 Å². The van der Waals surface area contributed by atoms with Gasteiger partial charge in [-0.3, -0.25) is 4.98 Å². The average Bonchev–Trinajstić information content (AvgIpc) is 2.74. The summed E-state index contributed by atoms with van der Waals surface area (Å²) in [5.74, 6) is 0. The van der Waals surface area contributed by atoms with Crippen LogP contribution in [0.3, 0.4) is 0 Å². The molecule has 0 amide bonds. The quantitative estimate of drug-likeness (QED) is 0.337. The van der Waals surface area contributed by atoms with Crippen LogP contribution >= 0.6 is 15.9 Å². The molecule has 0 unspecified atom stereocenters. The van der Waals surface area contributed by atoms with Crippen LogP contribution in [0.2, 0.25) is 0 Å². The lowest BCUT2D eigenvalue weighted by atomic mass is 9.90. The van der Waals surface area contributed by atoms with Gasteiger partial charge in [-0.25, -0.2) is 0 Å². The minimum Gasteiger partial charge on any atom is -0.255 e. The van der Waals surface area contributed by atoms with Crippen molar-refractivity contribution in [2.75, 3.05) is 0 Å². The van der Waals surface area contributed by atoms with Crippen LogP contribution in [-0.2, 0) is 5.33 Å². The van der Waals surface area contributed by atoms with Gasteiger partial charge >= 0.3 is 0 Å². The molecule has 26 heavy (non-hydrogen) atoms. The van der Waals surface area contributed by atoms with Crippen molar-refractivity contribution in [3.8, 4) is 33.5 Å². The molecule has 1 aromatic heterocycles. The number of pyridine rings is 1. The highest BCUT2D eigenvalue weighted by molar-refractivity contribution is 9.08. The highest BCUT2D eigenvalue weighted by Crippen LogP contribution is 2.39. The Morgan fingerprint density at radius 2 is 1.12 bits per heavy atom. The lowest BCUT2D eigenvalue weighted by Crippen LogP contribution is -1.98. The van der Waals surface area contributed by atoms with Gasteiger partial charge in [-0.15, -0.1) is 0 Å². The molecule has 1 heterocycles. The molecule has 0 radical (unpaired) electrons. The van der Waals surface area contributed by atoms with Gasteiger partial charge in [-0.1, -0.05) is 107 Å². The van der Waals surface area contributed by atoms with Crippen molar-refractivity contribution >= 4 is 15.9 Å². The molecule has 126 valence electrons. The van der Waals surface area contributed by atoms with Gasteiger partial charge in [0.15, 0.2) is 0 Å². The van der Waals surface area contributed by atoms with Crippen LogP contribution in [0, 0.1) is 0 Å². The van der Waals surface area contributed by atoms with Gasteiger partial charge in [-0.05, 0) is 16.7 Å². The largest absolute Gasteiger partial charge is 0.255 e. The summed E-state index contributed by atoms with van der Waals surface area (Å²) in [5.41, 5.74) is 8.14. The smallest absolute Gasteiger partial charge is 0.0783 e. The molecule has 1 nitrogen and oxygen atoms in total. The summed E-state index contributed by atoms with van der Waals surface area (Å²) in [6.07, 6.45) is 2.00. The van der Waals surface area contributed by atoms with Crippen molar-refractivity contribution in [1.29, 1.82) is 0 Å². The molecule has 0 spiro atoms. The van der Waals surface area contributed by atoms with Crippen LogP contribution in [0.15, 0.2) is 97.2 Å². The zero-order valence-corrected chi connectivity index (χ0v) is 15.9. The summed E-state index contributed by atoms with van der Waals surface area (Å²) in [5, 5.41) is 0.768. The number of rotatable bonds is 4. The zero-order chi connectivity index (χ0) is 17.8. The summed E-state index contributed by atoms with van der Waals surface area (Å²) in [6.45, 7) is 0. The van der Waals surface area contributed by atoms with E-state index < -0.39 is 0 Å². The number of hydrogen-bond acceptors (Lipinski definition) is 1. The van der Waals surface area contributed by atoms with Crippen molar-refractivity contribution in [1.82, 2.24) is 4.98 Å². The average molecular weight is 400 g/mol. The van der Waals surface area contributed by atoms with E-state index in [0.717, 1.165) is 16.6 Å². The molecule has 0 saturated heterocycles. The first kappa shape index (κ1) is 16.7. The molecule has 0 saturated carbocycles. The molecule has 0 N–H and O–H groups in total. The van der Waals surface area contributed by atoms with Crippen molar-refractivity contribution < 1.29 is 0 Å². The SMILES string of the molecule is BrCc1c(-c2ccccc2)cnc(-c2ccccc2)c1-c1ccccc1. The third-order valence-electron chi connectivity index (χ3n) is 4.51. The van der Waals surface area contributed by atoms with Crippen LogP contribution < -0.4 is 0 Å². The fraction of sp³-hybridized carbons (Fsp3) is 0.0417. The van der Waals surface area contributed by atoms with E-state index in [0.29, 0.717) is 0 Å². The second-order valence-electron chi connectivity index (χ2n) is 6.11. The molecule has 0 atom stereocenters. The second kappa shape index (κ2) is 7.67. The Labute approximate surface area is 162 Å². The third-order valence-corrected chi connectivity index (χ3v) is 5.08. The lowest BCUT2D eigenvalue weighted by Gasteiger charge is -2.18. The second-order valence-corrected chi connectivity index (χ2v) is 6.67. The molecule has 0 aliphatic rings. The summed E-state index contributed by atoms with van der Waals surface area (Å²) in [6, 6.07) is 31.4. The van der Waals surface area contributed by atoms with E-state index in [1.807, 2.05) is 24.4 Å². The molecule has 0 fully saturated rings. The van der Waals surface area contributed by atoms with E-state index >= 15 is 0 Å². The predicted octanol–water partition coefficient (Wildman–Crippen LogP) is 6.98. The minimum atomic E-state index is 0.768. The summed E-state index contributed by atoms with van der Waals surface area (Å²) in [4.78, 5) is 4.89. The van der Waals surface area contributed by atoms with Crippen molar-refractivity contribution in [2.24, 2.45) is 0 Å². The number of aromatic nitrogens is 1. The Kier molecular flexibility index (Phi) is 4.94. The fourth-order valence-electron chi connectivity index (χ4n) is 3.29. The van der Waals surface area contributed by atoms with Gasteiger partial charge in [-0.2, -0.15) is 0 Å². The number of benzene rings is 3. The monoisotopic (exact) mass is 399 g/mol. The number of halogens is 1. The molecule has 2 heteroatoms. The summed E-state index contributed by atoms with van der Waals surface area (Å²) < 4.78 is 0. The predicted molar refractivity (Wildman–Crippen MR) is 113 cm³/mol. The van der Waals surface area contributed by atoms with Gasteiger partial charge in [0.05, 0.1) is 5.69 Å². The minimum absolute atomic E-state index is 0.768. The van der Waals surface area contributed by atoms with E-state index in [9.17, 15) is 0 Å². The normalized spacial score (nSPS) is 10.7. The van der Waals surface area contributed by atoms with Gasteiger partial charge in [0.2, 0.25) is 0 Å². The molecular weight excluding hydrogens is 382 g/mol. The Bertz CT molecular complexity index is 996. The Balaban J connectivity index is 2.03. The third kappa shape index (κ3) is 3.21. The first-order chi connectivity index (χ1) is 12.9. The standard InChI is InChI=1S/C24H18BrN/c25-16-21-22(18-10-4-1-5-11-18)17-26-24(20-14-8-3-9-15-20)23(21)19-12-6-2-7-13-19/h1-15,17H,16H2. The first-order valence-electron chi connectivity index (χ1n) is 8.62. The first-order valence-corrected chi connectivity index (χ1v) is 9.74. The van der Waals surface area contributed by atoms with E-state index in [4.69, 9.17) is 4.98 Å². The van der Waals surface area contributed by atoms with Crippen molar-refractivity contribution in [3.05, 3.63) is 103 Å². The lowest BCUT2D eigenvalue weighted by molar-refractivity contribution is 1.28. The van der Waals surface area contributed by atoms with Crippen molar-refractivity contribution in [2.45, 2.75) is 5.33 Å². The number of nitrogens with zero attached hydrogens (tertiary/aromatic N) is 1. The van der Waals surface area contributed by atoms with E-state index in [1.54, 1.807) is 0 Å². The maximum absolute atomic E-state index is 4.89. The van der Waals surface area contributed by atoms with E-state index in [1.165, 1.54) is 27.8 Å². The summed E-state index contributed by atoms with van der Waals surface area (Å²) in [7, 11) is 0. The molecule has 0 aliphatic heterocycles. The molecule has 4 rings (SSSR count). The highest BCUT2D eigenvalue weighted by atomic mass is 79.9. The number of alkyl halides is 1. The Morgan fingerprint density at radius 1 is 0.615 bits per heavy atom. The van der Waals surface area contributed by atoms with Gasteiger partial charge in [0, 0.05) is 28.2 Å². The maximum atomic E-state index is 4.89. The molecule has 3 aromatic carbocycles. The molecular formula is C24H18BrN. The van der Waals surface area contributed by atoms with Crippen LogP contribution in [0.25, 0.3) is 33.5 Å². The van der Waals surface area contributed by atoms with E-state index in [-0.39, 0.29) is 0 Å². The highest BCUT2D eigenvalue weighted by Gasteiger charge is 2.17. The Morgan fingerprint density at radius 3 is 1.65 bits per heavy atom. The van der Waals surface area contributed by atoms with Crippen molar-refractivity contribution in [3.63, 3.8) is 0 Å². The molecule has 4 aromatic rings. The van der Waals surface area contributed by atoms with E-state index in [2.05, 4.69) is 88.7 Å². The molecule has 0 aliphatic carbocycles. The maximum Gasteiger partial charge on any atom is 0.0783 e.